The van der Waals surface area contributed by atoms with Gasteiger partial charge in [0.15, 0.2) is 0 Å². The molecule has 29 heavy (non-hydrogen) atoms. The second-order valence-electron chi connectivity index (χ2n) is 6.34. The standard InChI is InChI=1S/C22H15F2NO3S/c1-28-17-7-2-14(3-8-17)22-19-12-16(24)6-11-20(19)25-13-21(22)29(26,27)18-9-4-15(23)5-10-18/h2-13H,1H3. The molecule has 0 unspecified atom stereocenters. The Kier molecular flexibility index (Phi) is 4.76. The molecule has 0 saturated heterocycles. The molecule has 0 aliphatic carbocycles. The number of fused-ring (bicyclic) bond motifs is 1. The Labute approximate surface area is 166 Å². The van der Waals surface area contributed by atoms with Gasteiger partial charge in [0.1, 0.15) is 17.4 Å². The van der Waals surface area contributed by atoms with E-state index in [4.69, 9.17) is 4.74 Å². The Bertz CT molecular complexity index is 1300. The number of hydrogen-bond donors (Lipinski definition) is 0. The largest absolute Gasteiger partial charge is 0.497 e. The maximum Gasteiger partial charge on any atom is 0.208 e. The first-order chi connectivity index (χ1) is 13.9. The van der Waals surface area contributed by atoms with Gasteiger partial charge in [0, 0.05) is 17.1 Å². The van der Waals surface area contributed by atoms with Crippen LogP contribution in [0.1, 0.15) is 0 Å². The van der Waals surface area contributed by atoms with E-state index >= 15 is 0 Å². The van der Waals surface area contributed by atoms with E-state index < -0.39 is 21.5 Å². The number of methoxy groups -OCH3 is 1. The van der Waals surface area contributed by atoms with Crippen molar-refractivity contribution in [2.24, 2.45) is 0 Å². The Morgan fingerprint density at radius 2 is 1.52 bits per heavy atom. The van der Waals surface area contributed by atoms with Gasteiger partial charge in [0.2, 0.25) is 9.84 Å². The highest BCUT2D eigenvalue weighted by Crippen LogP contribution is 2.37. The predicted octanol–water partition coefficient (Wildman–Crippen LogP) is 5.02. The molecular weight excluding hydrogens is 396 g/mol. The van der Waals surface area contributed by atoms with Crippen LogP contribution in [0.3, 0.4) is 0 Å². The molecule has 0 aliphatic heterocycles. The van der Waals surface area contributed by atoms with Crippen molar-refractivity contribution in [3.05, 3.63) is 84.6 Å². The molecule has 7 heteroatoms. The topological polar surface area (TPSA) is 56.3 Å². The molecule has 4 aromatic rings. The molecule has 1 heterocycles. The summed E-state index contributed by atoms with van der Waals surface area (Å²) in [7, 11) is -2.51. The molecule has 0 fully saturated rings. The van der Waals surface area contributed by atoms with Crippen molar-refractivity contribution in [1.29, 1.82) is 0 Å². The first-order valence-corrected chi connectivity index (χ1v) is 10.1. The maximum atomic E-state index is 14.0. The highest BCUT2D eigenvalue weighted by Gasteiger charge is 2.25. The van der Waals surface area contributed by atoms with Crippen LogP contribution < -0.4 is 4.74 Å². The third-order valence-corrected chi connectivity index (χ3v) is 6.37. The summed E-state index contributed by atoms with van der Waals surface area (Å²) in [4.78, 5) is 4.04. The summed E-state index contributed by atoms with van der Waals surface area (Å²) in [6.45, 7) is 0. The van der Waals surface area contributed by atoms with Gasteiger partial charge in [0.25, 0.3) is 0 Å². The fraction of sp³-hybridized carbons (Fsp3) is 0.0455. The van der Waals surface area contributed by atoms with Gasteiger partial charge in [-0.1, -0.05) is 12.1 Å². The smallest absolute Gasteiger partial charge is 0.208 e. The summed E-state index contributed by atoms with van der Waals surface area (Å²) in [5, 5.41) is 0.360. The van der Waals surface area contributed by atoms with Crippen molar-refractivity contribution in [3.8, 4) is 16.9 Å². The fourth-order valence-electron chi connectivity index (χ4n) is 3.15. The summed E-state index contributed by atoms with van der Waals surface area (Å²) in [5.41, 5.74) is 1.33. The quantitative estimate of drug-likeness (QED) is 0.443. The summed E-state index contributed by atoms with van der Waals surface area (Å²) in [6, 6.07) is 15.3. The van der Waals surface area contributed by atoms with Crippen molar-refractivity contribution >= 4 is 20.7 Å². The molecule has 0 bridgehead atoms. The molecule has 1 aromatic heterocycles. The lowest BCUT2D eigenvalue weighted by atomic mass is 10.0. The average molecular weight is 411 g/mol. The first-order valence-electron chi connectivity index (χ1n) is 8.63. The van der Waals surface area contributed by atoms with Crippen LogP contribution in [0.25, 0.3) is 22.0 Å². The minimum absolute atomic E-state index is 0.0776. The van der Waals surface area contributed by atoms with E-state index in [2.05, 4.69) is 4.98 Å². The second-order valence-corrected chi connectivity index (χ2v) is 8.26. The van der Waals surface area contributed by atoms with Crippen molar-refractivity contribution in [3.63, 3.8) is 0 Å². The second kappa shape index (κ2) is 7.25. The van der Waals surface area contributed by atoms with Crippen LogP contribution in [0.15, 0.2) is 82.7 Å². The molecule has 146 valence electrons. The number of aromatic nitrogens is 1. The van der Waals surface area contributed by atoms with E-state index in [1.807, 2.05) is 0 Å². The number of rotatable bonds is 4. The highest BCUT2D eigenvalue weighted by molar-refractivity contribution is 7.91. The number of halogens is 2. The van der Waals surface area contributed by atoms with Gasteiger partial charge in [-0.15, -0.1) is 0 Å². The van der Waals surface area contributed by atoms with E-state index in [1.54, 1.807) is 24.3 Å². The van der Waals surface area contributed by atoms with Crippen molar-refractivity contribution in [1.82, 2.24) is 4.98 Å². The van der Waals surface area contributed by atoms with Crippen LogP contribution in [0.2, 0.25) is 0 Å². The molecule has 0 spiro atoms. The van der Waals surface area contributed by atoms with E-state index in [-0.39, 0.29) is 9.79 Å². The molecule has 0 atom stereocenters. The van der Waals surface area contributed by atoms with Crippen LogP contribution in [0.4, 0.5) is 8.78 Å². The number of pyridine rings is 1. The monoisotopic (exact) mass is 411 g/mol. The van der Waals surface area contributed by atoms with Gasteiger partial charge in [-0.2, -0.15) is 0 Å². The molecule has 0 radical (unpaired) electrons. The van der Waals surface area contributed by atoms with Crippen LogP contribution in [-0.2, 0) is 9.84 Å². The van der Waals surface area contributed by atoms with Crippen LogP contribution in [0, 0.1) is 11.6 Å². The van der Waals surface area contributed by atoms with Gasteiger partial charge >= 0.3 is 0 Å². The van der Waals surface area contributed by atoms with Crippen LogP contribution in [0.5, 0.6) is 5.75 Å². The predicted molar refractivity (Wildman–Crippen MR) is 106 cm³/mol. The molecule has 0 amide bonds. The van der Waals surface area contributed by atoms with Crippen molar-refractivity contribution < 1.29 is 21.9 Å². The lowest BCUT2D eigenvalue weighted by molar-refractivity contribution is 0.415. The zero-order valence-electron chi connectivity index (χ0n) is 15.3. The Morgan fingerprint density at radius 1 is 0.862 bits per heavy atom. The van der Waals surface area contributed by atoms with Crippen LogP contribution >= 0.6 is 0 Å². The highest BCUT2D eigenvalue weighted by atomic mass is 32.2. The number of nitrogens with zero attached hydrogens (tertiary/aromatic N) is 1. The van der Waals surface area contributed by atoms with E-state index in [0.29, 0.717) is 27.8 Å². The third kappa shape index (κ3) is 3.45. The lowest BCUT2D eigenvalue weighted by Gasteiger charge is -2.14. The van der Waals surface area contributed by atoms with E-state index in [9.17, 15) is 17.2 Å². The van der Waals surface area contributed by atoms with Crippen molar-refractivity contribution in [2.45, 2.75) is 9.79 Å². The fourth-order valence-corrected chi connectivity index (χ4v) is 4.58. The molecular formula is C22H15F2NO3S. The average Bonchev–Trinajstić information content (AvgIpc) is 2.73. The van der Waals surface area contributed by atoms with Crippen LogP contribution in [-0.4, -0.2) is 20.5 Å². The summed E-state index contributed by atoms with van der Waals surface area (Å²) in [6.07, 6.45) is 1.25. The number of benzene rings is 3. The normalized spacial score (nSPS) is 11.6. The summed E-state index contributed by atoms with van der Waals surface area (Å²) in [5.74, 6) is -0.454. The van der Waals surface area contributed by atoms with Crippen molar-refractivity contribution in [2.75, 3.05) is 7.11 Å². The molecule has 0 N–H and O–H groups in total. The van der Waals surface area contributed by atoms with Gasteiger partial charge in [-0.05, 0) is 60.2 Å². The lowest BCUT2D eigenvalue weighted by Crippen LogP contribution is -2.06. The van der Waals surface area contributed by atoms with Gasteiger partial charge in [0.05, 0.1) is 22.4 Å². The number of hydrogen-bond acceptors (Lipinski definition) is 4. The third-order valence-electron chi connectivity index (χ3n) is 4.59. The van der Waals surface area contributed by atoms with E-state index in [1.165, 1.54) is 43.6 Å². The van der Waals surface area contributed by atoms with Gasteiger partial charge < -0.3 is 4.74 Å². The molecule has 4 nitrogen and oxygen atoms in total. The van der Waals surface area contributed by atoms with E-state index in [0.717, 1.165) is 12.1 Å². The first kappa shape index (κ1) is 19.0. The number of sulfone groups is 1. The minimum atomic E-state index is -4.04. The Morgan fingerprint density at radius 3 is 2.17 bits per heavy atom. The summed E-state index contributed by atoms with van der Waals surface area (Å²) >= 11 is 0. The zero-order chi connectivity index (χ0) is 20.6. The zero-order valence-corrected chi connectivity index (χ0v) is 16.1. The summed E-state index contributed by atoms with van der Waals surface area (Å²) < 4.78 is 59.1. The van der Waals surface area contributed by atoms with Gasteiger partial charge in [-0.3, -0.25) is 4.98 Å². The molecule has 0 aliphatic rings. The Hall–Kier alpha value is -3.32. The number of ether oxygens (including phenoxy) is 1. The molecule has 0 saturated carbocycles. The molecule has 3 aromatic carbocycles. The Balaban J connectivity index is 2.04. The van der Waals surface area contributed by atoms with Gasteiger partial charge in [-0.25, -0.2) is 17.2 Å². The maximum absolute atomic E-state index is 14.0. The SMILES string of the molecule is COc1ccc(-c2c(S(=O)(=O)c3ccc(F)cc3)cnc3ccc(F)cc23)cc1. The minimum Gasteiger partial charge on any atom is -0.497 e. The molecule has 4 rings (SSSR count).